The molecule has 0 spiro atoms. The number of benzene rings is 2. The average molecular weight is 393 g/mol. The largest absolute Gasteiger partial charge is 0.496 e. The number of para-hydroxylation sites is 1. The van der Waals surface area contributed by atoms with Crippen LogP contribution >= 0.6 is 11.3 Å². The molecule has 2 heterocycles. The molecular formula is C20H15N3O4S. The number of thiophene rings is 1. The van der Waals surface area contributed by atoms with Crippen molar-refractivity contribution in [3.63, 3.8) is 0 Å². The summed E-state index contributed by atoms with van der Waals surface area (Å²) in [5.74, 6) is 1.44. The normalized spacial score (nSPS) is 11.7. The molecular weight excluding hydrogens is 378 g/mol. The molecule has 1 aliphatic rings. The van der Waals surface area contributed by atoms with E-state index in [1.54, 1.807) is 42.5 Å². The van der Waals surface area contributed by atoms with Crippen LogP contribution in [0.25, 0.3) is 4.85 Å². The van der Waals surface area contributed by atoms with Crippen molar-refractivity contribution in [1.82, 2.24) is 0 Å². The van der Waals surface area contributed by atoms with Crippen molar-refractivity contribution < 1.29 is 19.0 Å². The number of ether oxygens (including phenoxy) is 3. The first kappa shape index (κ1) is 17.7. The Bertz CT molecular complexity index is 1120. The van der Waals surface area contributed by atoms with Crippen LogP contribution < -0.4 is 25.3 Å². The van der Waals surface area contributed by atoms with Gasteiger partial charge in [-0.05, 0) is 24.3 Å². The van der Waals surface area contributed by atoms with Gasteiger partial charge in [-0.1, -0.05) is 12.1 Å². The highest BCUT2D eigenvalue weighted by atomic mass is 32.1. The van der Waals surface area contributed by atoms with Crippen LogP contribution in [0, 0.1) is 6.57 Å². The SMILES string of the molecule is [C-]#[N+]c1c(Nc2ccc3c(c2)OCO3)sc(C(=O)c2ccccc2OC)c1N. The zero-order chi connectivity index (χ0) is 19.7. The predicted molar refractivity (Wildman–Crippen MR) is 107 cm³/mol. The fraction of sp³-hybridized carbons (Fsp3) is 0.100. The summed E-state index contributed by atoms with van der Waals surface area (Å²) < 4.78 is 15.9. The van der Waals surface area contributed by atoms with Crippen molar-refractivity contribution in [2.45, 2.75) is 0 Å². The fourth-order valence-electron chi connectivity index (χ4n) is 2.86. The number of rotatable bonds is 5. The topological polar surface area (TPSA) is 87.2 Å². The molecule has 0 saturated carbocycles. The second-order valence-corrected chi connectivity index (χ2v) is 6.88. The summed E-state index contributed by atoms with van der Waals surface area (Å²) >= 11 is 1.13. The summed E-state index contributed by atoms with van der Waals surface area (Å²) in [6.45, 7) is 7.66. The molecule has 140 valence electrons. The zero-order valence-corrected chi connectivity index (χ0v) is 15.6. The number of fused-ring (bicyclic) bond motifs is 1. The van der Waals surface area contributed by atoms with Gasteiger partial charge in [0.25, 0.3) is 0 Å². The molecule has 3 aromatic rings. The lowest BCUT2D eigenvalue weighted by atomic mass is 10.1. The third kappa shape index (κ3) is 2.98. The van der Waals surface area contributed by atoms with Gasteiger partial charge < -0.3 is 25.3 Å². The highest BCUT2D eigenvalue weighted by Gasteiger charge is 2.24. The van der Waals surface area contributed by atoms with E-state index in [0.717, 1.165) is 11.3 Å². The lowest BCUT2D eigenvalue weighted by Crippen LogP contribution is -2.04. The molecule has 0 atom stereocenters. The van der Waals surface area contributed by atoms with E-state index in [4.69, 9.17) is 26.5 Å². The van der Waals surface area contributed by atoms with Crippen molar-refractivity contribution in [2.24, 2.45) is 0 Å². The molecule has 3 N–H and O–H groups in total. The number of hydrogen-bond donors (Lipinski definition) is 2. The number of nitrogen functional groups attached to an aromatic ring is 1. The maximum atomic E-state index is 13.0. The maximum Gasteiger partial charge on any atom is 0.243 e. The molecule has 4 rings (SSSR count). The van der Waals surface area contributed by atoms with Crippen LogP contribution in [0.4, 0.5) is 22.1 Å². The third-order valence-corrected chi connectivity index (χ3v) is 5.33. The van der Waals surface area contributed by atoms with Crippen LogP contribution in [-0.4, -0.2) is 19.7 Å². The van der Waals surface area contributed by atoms with Crippen molar-refractivity contribution in [1.29, 1.82) is 0 Å². The smallest absolute Gasteiger partial charge is 0.243 e. The van der Waals surface area contributed by atoms with Gasteiger partial charge in [0.05, 0.1) is 29.8 Å². The molecule has 0 radical (unpaired) electrons. The van der Waals surface area contributed by atoms with E-state index in [2.05, 4.69) is 10.2 Å². The van der Waals surface area contributed by atoms with Crippen LogP contribution in [0.1, 0.15) is 15.2 Å². The number of carbonyl (C=O) groups is 1. The van der Waals surface area contributed by atoms with Crippen LogP contribution in [0.2, 0.25) is 0 Å². The molecule has 2 aromatic carbocycles. The summed E-state index contributed by atoms with van der Waals surface area (Å²) in [4.78, 5) is 16.8. The summed E-state index contributed by atoms with van der Waals surface area (Å²) in [5, 5.41) is 3.65. The van der Waals surface area contributed by atoms with Gasteiger partial charge in [-0.15, -0.1) is 11.3 Å². The second kappa shape index (κ2) is 7.13. The number of hydrogen-bond acceptors (Lipinski definition) is 7. The highest BCUT2D eigenvalue weighted by molar-refractivity contribution is 7.19. The monoisotopic (exact) mass is 393 g/mol. The standard InChI is InChI=1S/C20H15N3O4S/c1-22-17-16(21)19(18(24)12-5-3-4-6-13(12)25-2)28-20(17)23-11-7-8-14-15(9-11)27-10-26-14/h3-9,23H,10,21H2,2H3. The van der Waals surface area contributed by atoms with Crippen LogP contribution in [0.5, 0.6) is 17.2 Å². The number of ketones is 1. The van der Waals surface area contributed by atoms with Gasteiger partial charge in [-0.3, -0.25) is 4.79 Å². The maximum absolute atomic E-state index is 13.0. The first-order valence-corrected chi connectivity index (χ1v) is 9.08. The number of anilines is 3. The van der Waals surface area contributed by atoms with E-state index in [1.807, 2.05) is 0 Å². The first-order chi connectivity index (χ1) is 13.6. The first-order valence-electron chi connectivity index (χ1n) is 8.26. The molecule has 0 aliphatic carbocycles. The molecule has 7 nitrogen and oxygen atoms in total. The van der Waals surface area contributed by atoms with Gasteiger partial charge in [0.15, 0.2) is 11.5 Å². The minimum absolute atomic E-state index is 0.152. The van der Waals surface area contributed by atoms with E-state index in [0.29, 0.717) is 38.4 Å². The summed E-state index contributed by atoms with van der Waals surface area (Å²) in [7, 11) is 1.50. The average Bonchev–Trinajstić information content (AvgIpc) is 3.31. The van der Waals surface area contributed by atoms with Gasteiger partial charge in [0.1, 0.15) is 10.8 Å². The Morgan fingerprint density at radius 3 is 2.82 bits per heavy atom. The zero-order valence-electron chi connectivity index (χ0n) is 14.8. The van der Waals surface area contributed by atoms with Gasteiger partial charge in [0.2, 0.25) is 18.3 Å². The third-order valence-electron chi connectivity index (χ3n) is 4.22. The van der Waals surface area contributed by atoms with Crippen LogP contribution in [0.3, 0.4) is 0 Å². The summed E-state index contributed by atoms with van der Waals surface area (Å²) in [6, 6.07) is 12.3. The van der Waals surface area contributed by atoms with Crippen molar-refractivity contribution in [3.05, 3.63) is 64.3 Å². The lowest BCUT2D eigenvalue weighted by molar-refractivity contribution is 0.104. The molecule has 1 aliphatic heterocycles. The van der Waals surface area contributed by atoms with E-state index in [-0.39, 0.29) is 24.0 Å². The second-order valence-electron chi connectivity index (χ2n) is 5.86. The summed E-state index contributed by atoms with van der Waals surface area (Å²) in [5.41, 5.74) is 7.59. The number of nitrogens with one attached hydrogen (secondary N) is 1. The Labute approximate surface area is 165 Å². The minimum atomic E-state index is -0.288. The Kier molecular flexibility index (Phi) is 4.51. The van der Waals surface area contributed by atoms with E-state index >= 15 is 0 Å². The van der Waals surface area contributed by atoms with Crippen molar-refractivity contribution in [2.75, 3.05) is 25.0 Å². The molecule has 0 amide bonds. The van der Waals surface area contributed by atoms with Gasteiger partial charge >= 0.3 is 0 Å². The molecule has 8 heteroatoms. The van der Waals surface area contributed by atoms with Crippen molar-refractivity contribution in [3.8, 4) is 17.2 Å². The number of methoxy groups -OCH3 is 1. The number of carbonyl (C=O) groups excluding carboxylic acids is 1. The van der Waals surface area contributed by atoms with Gasteiger partial charge in [-0.25, -0.2) is 4.85 Å². The predicted octanol–water partition coefficient (Wildman–Crippen LogP) is 4.59. The Morgan fingerprint density at radius 2 is 2.04 bits per heavy atom. The highest BCUT2D eigenvalue weighted by Crippen LogP contribution is 2.46. The van der Waals surface area contributed by atoms with Crippen LogP contribution in [0.15, 0.2) is 42.5 Å². The van der Waals surface area contributed by atoms with E-state index < -0.39 is 0 Å². The molecule has 0 fully saturated rings. The van der Waals surface area contributed by atoms with Crippen molar-refractivity contribution >= 4 is 39.2 Å². The van der Waals surface area contributed by atoms with Gasteiger partial charge in [0, 0.05) is 11.8 Å². The molecule has 0 saturated heterocycles. The minimum Gasteiger partial charge on any atom is -0.496 e. The molecule has 0 bridgehead atoms. The number of nitrogens with zero attached hydrogens (tertiary/aromatic N) is 1. The Hall–Kier alpha value is -3.70. The quantitative estimate of drug-likeness (QED) is 0.487. The summed E-state index contributed by atoms with van der Waals surface area (Å²) in [6.07, 6.45) is 0. The van der Waals surface area contributed by atoms with Gasteiger partial charge in [-0.2, -0.15) is 0 Å². The fourth-order valence-corrected chi connectivity index (χ4v) is 3.89. The molecule has 0 unspecified atom stereocenters. The lowest BCUT2D eigenvalue weighted by Gasteiger charge is -2.06. The number of nitrogens with two attached hydrogens (primary N) is 1. The Balaban J connectivity index is 1.70. The van der Waals surface area contributed by atoms with E-state index in [1.165, 1.54) is 7.11 Å². The molecule has 1 aromatic heterocycles. The molecule has 28 heavy (non-hydrogen) atoms. The van der Waals surface area contributed by atoms with E-state index in [9.17, 15) is 4.79 Å². The van der Waals surface area contributed by atoms with Crippen LogP contribution in [-0.2, 0) is 0 Å². The Morgan fingerprint density at radius 1 is 1.25 bits per heavy atom.